The van der Waals surface area contributed by atoms with Crippen LogP contribution in [0.5, 0.6) is 0 Å². The Kier molecular flexibility index (Phi) is 62.2. The summed E-state index contributed by atoms with van der Waals surface area (Å²) in [5.41, 5.74) is 0. The van der Waals surface area contributed by atoms with Gasteiger partial charge in [-0.3, -0.25) is 14.4 Å². The van der Waals surface area contributed by atoms with Gasteiger partial charge < -0.3 is 14.2 Å². The quantitative estimate of drug-likeness (QED) is 0.0261. The van der Waals surface area contributed by atoms with E-state index in [4.69, 9.17) is 14.2 Å². The number of carbonyl (C=O) groups is 3. The number of hydrogen-bond acceptors (Lipinski definition) is 6. The van der Waals surface area contributed by atoms with Gasteiger partial charge in [-0.1, -0.05) is 318 Å². The minimum Gasteiger partial charge on any atom is -0.462 e. The topological polar surface area (TPSA) is 78.9 Å². The van der Waals surface area contributed by atoms with Gasteiger partial charge in [-0.15, -0.1) is 0 Å². The van der Waals surface area contributed by atoms with Gasteiger partial charge in [-0.2, -0.15) is 0 Å². The van der Waals surface area contributed by atoms with E-state index in [-0.39, 0.29) is 37.5 Å². The summed E-state index contributed by atoms with van der Waals surface area (Å²) in [6.07, 6.45) is 86.4. The van der Waals surface area contributed by atoms with Crippen molar-refractivity contribution in [3.8, 4) is 0 Å². The third-order valence-electron chi connectivity index (χ3n) is 14.4. The molecule has 6 heteroatoms. The third kappa shape index (κ3) is 63.3. The lowest BCUT2D eigenvalue weighted by molar-refractivity contribution is -0.166. The summed E-state index contributed by atoms with van der Waals surface area (Å²) in [6, 6.07) is 0. The molecule has 0 aliphatic carbocycles. The number of unbranched alkanes of at least 4 members (excludes halogenated alkanes) is 35. The molecule has 0 saturated carbocycles. The fraction of sp³-hybridized carbons (Fsp3) is 0.761. The van der Waals surface area contributed by atoms with Crippen LogP contribution in [0.3, 0.4) is 0 Å². The van der Waals surface area contributed by atoms with Crippen molar-refractivity contribution >= 4 is 17.9 Å². The highest BCUT2D eigenvalue weighted by molar-refractivity contribution is 5.71. The largest absolute Gasteiger partial charge is 0.462 e. The van der Waals surface area contributed by atoms with Gasteiger partial charge in [0.2, 0.25) is 0 Å². The first-order chi connectivity index (χ1) is 38.0. The summed E-state index contributed by atoms with van der Waals surface area (Å²) in [4.78, 5) is 38.2. The van der Waals surface area contributed by atoms with E-state index in [2.05, 4.69) is 99.8 Å². The van der Waals surface area contributed by atoms with Gasteiger partial charge in [0.15, 0.2) is 6.10 Å². The summed E-state index contributed by atoms with van der Waals surface area (Å²) in [6.45, 7) is 6.38. The predicted octanol–water partition coefficient (Wildman–Crippen LogP) is 22.7. The van der Waals surface area contributed by atoms with Crippen molar-refractivity contribution in [2.75, 3.05) is 13.2 Å². The Hall–Kier alpha value is -3.41. The van der Waals surface area contributed by atoms with Gasteiger partial charge in [0.25, 0.3) is 0 Å². The molecule has 1 unspecified atom stereocenters. The van der Waals surface area contributed by atoms with E-state index in [0.29, 0.717) is 19.3 Å². The Morgan fingerprint density at radius 1 is 0.273 bits per heavy atom. The first kappa shape index (κ1) is 73.6. The van der Waals surface area contributed by atoms with E-state index in [1.165, 1.54) is 193 Å². The Morgan fingerprint density at radius 3 is 0.870 bits per heavy atom. The standard InChI is InChI=1S/C71H124O6/c1-4-7-10-13-16-19-22-25-27-29-30-31-32-33-34-35-36-37-38-39-40-42-43-46-49-52-55-58-61-64-70(73)76-67-68(66-75-69(72)63-60-57-54-51-48-45-24-21-18-15-12-9-6-3)77-71(74)65-62-59-56-53-50-47-44-41-28-26-23-20-17-14-11-8-5-2/h8-9,11-12,17-18,20-21,26,28,45,48,54,57,68H,4-7,10,13-16,19,22-25,27,29-44,46-47,49-53,55-56,58-67H2,1-3H3/b11-8-,12-9-,20-17-,21-18-,28-26-,48-45-,57-54-. The highest BCUT2D eigenvalue weighted by Gasteiger charge is 2.19. The molecular weight excluding hydrogens is 949 g/mol. The Balaban J connectivity index is 4.23. The Labute approximate surface area is 477 Å². The molecule has 0 radical (unpaired) electrons. The molecule has 1 atom stereocenters. The molecule has 0 amide bonds. The first-order valence-corrected chi connectivity index (χ1v) is 33.1. The maximum atomic E-state index is 12.9. The van der Waals surface area contributed by atoms with Crippen molar-refractivity contribution in [2.24, 2.45) is 0 Å². The maximum absolute atomic E-state index is 12.9. The summed E-state index contributed by atoms with van der Waals surface area (Å²) in [5, 5.41) is 0. The molecule has 77 heavy (non-hydrogen) atoms. The van der Waals surface area contributed by atoms with Crippen LogP contribution in [0.4, 0.5) is 0 Å². The second-order valence-electron chi connectivity index (χ2n) is 22.0. The molecular formula is C71H124O6. The molecule has 0 aromatic carbocycles. The van der Waals surface area contributed by atoms with E-state index in [9.17, 15) is 14.4 Å². The lowest BCUT2D eigenvalue weighted by Gasteiger charge is -2.18. The van der Waals surface area contributed by atoms with E-state index in [1.807, 2.05) is 6.08 Å². The molecule has 0 heterocycles. The summed E-state index contributed by atoms with van der Waals surface area (Å²) in [5.74, 6) is -0.983. The van der Waals surface area contributed by atoms with Crippen molar-refractivity contribution in [3.63, 3.8) is 0 Å². The average molecular weight is 1070 g/mol. The molecule has 0 aliphatic rings. The van der Waals surface area contributed by atoms with Crippen LogP contribution in [0, 0.1) is 0 Å². The second kappa shape index (κ2) is 65.1. The predicted molar refractivity (Wildman–Crippen MR) is 334 cm³/mol. The van der Waals surface area contributed by atoms with Crippen LogP contribution < -0.4 is 0 Å². The smallest absolute Gasteiger partial charge is 0.306 e. The average Bonchev–Trinajstić information content (AvgIpc) is 3.43. The number of rotatable bonds is 60. The number of allylic oxidation sites excluding steroid dienone is 14. The highest BCUT2D eigenvalue weighted by Crippen LogP contribution is 2.18. The van der Waals surface area contributed by atoms with Crippen LogP contribution in [-0.2, 0) is 28.6 Å². The Bertz CT molecular complexity index is 1470. The minimum atomic E-state index is -0.811. The van der Waals surface area contributed by atoms with Gasteiger partial charge in [0, 0.05) is 19.3 Å². The van der Waals surface area contributed by atoms with Crippen LogP contribution >= 0.6 is 0 Å². The number of esters is 3. The normalized spacial score (nSPS) is 12.6. The lowest BCUT2D eigenvalue weighted by atomic mass is 10.0. The molecule has 0 aromatic heterocycles. The molecule has 0 saturated heterocycles. The van der Waals surface area contributed by atoms with Gasteiger partial charge in [-0.25, -0.2) is 0 Å². The molecule has 0 rings (SSSR count). The monoisotopic (exact) mass is 1070 g/mol. The lowest BCUT2D eigenvalue weighted by Crippen LogP contribution is -2.30. The van der Waals surface area contributed by atoms with E-state index >= 15 is 0 Å². The molecule has 444 valence electrons. The SMILES string of the molecule is CC/C=C\C/C=C\C/C=C\C/C=C\CCC(=O)OCC(COC(=O)CCCCCCCCCCCCCCCCCCCCCCCCCCCCCCC)OC(=O)CCCCCCCCC/C=C\C/C=C\C/C=C\CC. The van der Waals surface area contributed by atoms with Crippen molar-refractivity contribution in [1.29, 1.82) is 0 Å². The van der Waals surface area contributed by atoms with Crippen LogP contribution in [0.2, 0.25) is 0 Å². The van der Waals surface area contributed by atoms with E-state index < -0.39 is 6.10 Å². The van der Waals surface area contributed by atoms with Gasteiger partial charge in [0.1, 0.15) is 13.2 Å². The van der Waals surface area contributed by atoms with Crippen molar-refractivity contribution in [3.05, 3.63) is 85.1 Å². The molecule has 6 nitrogen and oxygen atoms in total. The first-order valence-electron chi connectivity index (χ1n) is 33.1. The zero-order chi connectivity index (χ0) is 55.7. The van der Waals surface area contributed by atoms with Crippen molar-refractivity contribution in [2.45, 2.75) is 335 Å². The van der Waals surface area contributed by atoms with Gasteiger partial charge in [0.05, 0.1) is 0 Å². The molecule has 0 aliphatic heterocycles. The van der Waals surface area contributed by atoms with Crippen molar-refractivity contribution < 1.29 is 28.6 Å². The number of hydrogen-bond donors (Lipinski definition) is 0. The zero-order valence-corrected chi connectivity index (χ0v) is 51.0. The highest BCUT2D eigenvalue weighted by atomic mass is 16.6. The van der Waals surface area contributed by atoms with Crippen LogP contribution in [0.15, 0.2) is 85.1 Å². The van der Waals surface area contributed by atoms with Gasteiger partial charge >= 0.3 is 17.9 Å². The molecule has 0 bridgehead atoms. The fourth-order valence-corrected chi connectivity index (χ4v) is 9.53. The minimum absolute atomic E-state index is 0.100. The molecule has 0 fully saturated rings. The van der Waals surface area contributed by atoms with Crippen LogP contribution in [0.25, 0.3) is 0 Å². The molecule has 0 aromatic rings. The number of ether oxygens (including phenoxy) is 3. The number of carbonyl (C=O) groups excluding carboxylic acids is 3. The molecule has 0 N–H and O–H groups in total. The second-order valence-corrected chi connectivity index (χ2v) is 22.0. The third-order valence-corrected chi connectivity index (χ3v) is 14.4. The zero-order valence-electron chi connectivity index (χ0n) is 51.0. The van der Waals surface area contributed by atoms with Crippen LogP contribution in [0.1, 0.15) is 329 Å². The van der Waals surface area contributed by atoms with Crippen molar-refractivity contribution in [1.82, 2.24) is 0 Å². The Morgan fingerprint density at radius 2 is 0.532 bits per heavy atom. The molecule has 0 spiro atoms. The summed E-state index contributed by atoms with van der Waals surface area (Å²) in [7, 11) is 0. The van der Waals surface area contributed by atoms with Gasteiger partial charge in [-0.05, 0) is 77.0 Å². The summed E-state index contributed by atoms with van der Waals surface area (Å²) >= 11 is 0. The summed E-state index contributed by atoms with van der Waals surface area (Å²) < 4.78 is 16.8. The fourth-order valence-electron chi connectivity index (χ4n) is 9.53. The maximum Gasteiger partial charge on any atom is 0.306 e. The van der Waals surface area contributed by atoms with Crippen LogP contribution in [-0.4, -0.2) is 37.2 Å². The van der Waals surface area contributed by atoms with E-state index in [0.717, 1.165) is 89.9 Å². The van der Waals surface area contributed by atoms with E-state index in [1.54, 1.807) is 0 Å².